The largest absolute Gasteiger partial charge is 0.228 e. The van der Waals surface area contributed by atoms with E-state index in [9.17, 15) is 0 Å². The number of nitrogens with zero attached hydrogens (tertiary/aromatic N) is 2. The van der Waals surface area contributed by atoms with Crippen LogP contribution in [0.3, 0.4) is 0 Å². The molecule has 1 aromatic heterocycles. The van der Waals surface area contributed by atoms with E-state index in [2.05, 4.69) is 36.4 Å². The van der Waals surface area contributed by atoms with Gasteiger partial charge in [0.25, 0.3) is 0 Å². The van der Waals surface area contributed by atoms with Crippen LogP contribution in [0.5, 0.6) is 0 Å². The summed E-state index contributed by atoms with van der Waals surface area (Å²) in [6, 6.07) is 34.5. The van der Waals surface area contributed by atoms with Crippen molar-refractivity contribution < 1.29 is 0 Å². The molecule has 5 aromatic rings. The van der Waals surface area contributed by atoms with Crippen LogP contribution >= 0.6 is 11.6 Å². The van der Waals surface area contributed by atoms with Crippen molar-refractivity contribution in [2.45, 2.75) is 0 Å². The summed E-state index contributed by atoms with van der Waals surface area (Å²) >= 11 is 6.18. The number of fused-ring (bicyclic) bond motifs is 1. The summed E-state index contributed by atoms with van der Waals surface area (Å²) in [5, 5.41) is 1.77. The maximum Gasteiger partial charge on any atom is 0.160 e. The lowest BCUT2D eigenvalue weighted by Crippen LogP contribution is -1.95. The average Bonchev–Trinajstić information content (AvgIpc) is 2.79. The van der Waals surface area contributed by atoms with Crippen molar-refractivity contribution in [1.82, 2.24) is 9.97 Å². The molecule has 138 valence electrons. The van der Waals surface area contributed by atoms with E-state index in [-0.39, 0.29) is 0 Å². The maximum absolute atomic E-state index is 6.18. The summed E-state index contributed by atoms with van der Waals surface area (Å²) in [6.07, 6.45) is 0. The van der Waals surface area contributed by atoms with Gasteiger partial charge in [0.2, 0.25) is 0 Å². The van der Waals surface area contributed by atoms with E-state index < -0.39 is 0 Å². The highest BCUT2D eigenvalue weighted by Gasteiger charge is 2.11. The molecule has 29 heavy (non-hydrogen) atoms. The van der Waals surface area contributed by atoms with Crippen molar-refractivity contribution in [1.29, 1.82) is 0 Å². The van der Waals surface area contributed by atoms with E-state index in [4.69, 9.17) is 21.6 Å². The molecule has 2 nitrogen and oxygen atoms in total. The predicted octanol–water partition coefficient (Wildman–Crippen LogP) is 7.28. The molecular weight excluding hydrogens is 376 g/mol. The third kappa shape index (κ3) is 3.51. The van der Waals surface area contributed by atoms with E-state index in [1.807, 2.05) is 66.7 Å². The zero-order valence-corrected chi connectivity index (χ0v) is 16.3. The second kappa shape index (κ2) is 7.50. The molecule has 0 fully saturated rings. The first-order valence-electron chi connectivity index (χ1n) is 9.46. The van der Waals surface area contributed by atoms with E-state index >= 15 is 0 Å². The molecule has 0 N–H and O–H groups in total. The minimum Gasteiger partial charge on any atom is -0.228 e. The number of halogens is 1. The molecule has 0 unspecified atom stereocenters. The van der Waals surface area contributed by atoms with Gasteiger partial charge in [-0.3, -0.25) is 0 Å². The molecular formula is C26H17ClN2. The van der Waals surface area contributed by atoms with Gasteiger partial charge in [0, 0.05) is 21.5 Å². The Balaban J connectivity index is 1.69. The van der Waals surface area contributed by atoms with Crippen LogP contribution < -0.4 is 0 Å². The Kier molecular flexibility index (Phi) is 4.55. The highest BCUT2D eigenvalue weighted by molar-refractivity contribution is 6.30. The van der Waals surface area contributed by atoms with Crippen LogP contribution in [-0.4, -0.2) is 9.97 Å². The molecule has 1 heterocycles. The van der Waals surface area contributed by atoms with Crippen molar-refractivity contribution in [3.63, 3.8) is 0 Å². The molecule has 4 aromatic carbocycles. The second-order valence-corrected chi connectivity index (χ2v) is 7.31. The summed E-state index contributed by atoms with van der Waals surface area (Å²) in [5.74, 6) is 0.714. The summed E-state index contributed by atoms with van der Waals surface area (Å²) in [4.78, 5) is 9.80. The second-order valence-electron chi connectivity index (χ2n) is 6.87. The van der Waals surface area contributed by atoms with Crippen LogP contribution in [0.25, 0.3) is 44.7 Å². The van der Waals surface area contributed by atoms with Gasteiger partial charge in [0.1, 0.15) is 0 Å². The van der Waals surface area contributed by atoms with Crippen LogP contribution in [0.1, 0.15) is 0 Å². The number of benzene rings is 4. The summed E-state index contributed by atoms with van der Waals surface area (Å²) in [7, 11) is 0. The first-order valence-corrected chi connectivity index (χ1v) is 9.84. The summed E-state index contributed by atoms with van der Waals surface area (Å²) < 4.78 is 0. The average molecular weight is 393 g/mol. The zero-order chi connectivity index (χ0) is 19.6. The monoisotopic (exact) mass is 392 g/mol. The normalized spacial score (nSPS) is 10.9. The van der Waals surface area contributed by atoms with Crippen molar-refractivity contribution in [2.24, 2.45) is 0 Å². The lowest BCUT2D eigenvalue weighted by atomic mass is 10.0. The van der Waals surface area contributed by atoms with Gasteiger partial charge in [-0.1, -0.05) is 90.5 Å². The SMILES string of the molecule is Clc1cccc(-c2cccc(-c3nc(-c4ccccc4)c4ccccc4n3)c2)c1. The van der Waals surface area contributed by atoms with E-state index in [1.165, 1.54) is 0 Å². The Morgan fingerprint density at radius 1 is 0.517 bits per heavy atom. The quantitative estimate of drug-likeness (QED) is 0.322. The minimum absolute atomic E-state index is 0.714. The fraction of sp³-hybridized carbons (Fsp3) is 0. The van der Waals surface area contributed by atoms with Gasteiger partial charge in [-0.15, -0.1) is 0 Å². The van der Waals surface area contributed by atoms with Gasteiger partial charge in [0.05, 0.1) is 11.2 Å². The Morgan fingerprint density at radius 3 is 2.00 bits per heavy atom. The molecule has 0 amide bonds. The Hall–Kier alpha value is -3.49. The van der Waals surface area contributed by atoms with Gasteiger partial charge in [-0.2, -0.15) is 0 Å². The zero-order valence-electron chi connectivity index (χ0n) is 15.6. The molecule has 5 rings (SSSR count). The molecule has 0 saturated heterocycles. The lowest BCUT2D eigenvalue weighted by Gasteiger charge is -2.10. The van der Waals surface area contributed by atoms with Gasteiger partial charge in [-0.05, 0) is 35.4 Å². The number of hydrogen-bond acceptors (Lipinski definition) is 2. The standard InChI is InChI=1S/C26H17ClN2/c27-22-13-7-11-20(17-22)19-10-6-12-21(16-19)26-28-24-15-5-4-14-23(24)25(29-26)18-8-2-1-3-9-18/h1-17H. The Bertz CT molecular complexity index is 1310. The van der Waals surface area contributed by atoms with Crippen molar-refractivity contribution in [3.8, 4) is 33.8 Å². The molecule has 0 radical (unpaired) electrons. The Labute approximate surface area is 174 Å². The number of rotatable bonds is 3. The molecule has 3 heteroatoms. The number of para-hydroxylation sites is 1. The van der Waals surface area contributed by atoms with E-state index in [0.29, 0.717) is 5.82 Å². The van der Waals surface area contributed by atoms with Crippen LogP contribution in [0.4, 0.5) is 0 Å². The topological polar surface area (TPSA) is 25.8 Å². The van der Waals surface area contributed by atoms with Crippen LogP contribution in [-0.2, 0) is 0 Å². The number of hydrogen-bond donors (Lipinski definition) is 0. The van der Waals surface area contributed by atoms with Gasteiger partial charge in [0.15, 0.2) is 5.82 Å². The molecule has 0 aliphatic rings. The molecule has 0 saturated carbocycles. The third-order valence-corrected chi connectivity index (χ3v) is 5.16. The minimum atomic E-state index is 0.714. The highest BCUT2D eigenvalue weighted by Crippen LogP contribution is 2.31. The van der Waals surface area contributed by atoms with Crippen LogP contribution in [0, 0.1) is 0 Å². The maximum atomic E-state index is 6.18. The molecule has 0 spiro atoms. The summed E-state index contributed by atoms with van der Waals surface area (Å²) in [5.41, 5.74) is 6.10. The first kappa shape index (κ1) is 17.6. The van der Waals surface area contributed by atoms with Crippen LogP contribution in [0.2, 0.25) is 5.02 Å². The van der Waals surface area contributed by atoms with Gasteiger partial charge in [-0.25, -0.2) is 9.97 Å². The number of aromatic nitrogens is 2. The predicted molar refractivity (Wildman–Crippen MR) is 121 cm³/mol. The first-order chi connectivity index (χ1) is 14.3. The molecule has 0 atom stereocenters. The summed E-state index contributed by atoms with van der Waals surface area (Å²) in [6.45, 7) is 0. The van der Waals surface area contributed by atoms with E-state index in [1.54, 1.807) is 0 Å². The van der Waals surface area contributed by atoms with Crippen molar-refractivity contribution in [3.05, 3.63) is 108 Å². The van der Waals surface area contributed by atoms with Crippen molar-refractivity contribution in [2.75, 3.05) is 0 Å². The van der Waals surface area contributed by atoms with E-state index in [0.717, 1.165) is 43.9 Å². The Morgan fingerprint density at radius 2 is 1.17 bits per heavy atom. The molecule has 0 aliphatic carbocycles. The molecule has 0 aliphatic heterocycles. The third-order valence-electron chi connectivity index (χ3n) is 4.93. The highest BCUT2D eigenvalue weighted by atomic mass is 35.5. The van der Waals surface area contributed by atoms with Gasteiger partial charge < -0.3 is 0 Å². The molecule has 0 bridgehead atoms. The van der Waals surface area contributed by atoms with Crippen molar-refractivity contribution >= 4 is 22.5 Å². The van der Waals surface area contributed by atoms with Crippen LogP contribution in [0.15, 0.2) is 103 Å². The fourth-order valence-electron chi connectivity index (χ4n) is 3.53. The fourth-order valence-corrected chi connectivity index (χ4v) is 3.72. The smallest absolute Gasteiger partial charge is 0.160 e. The van der Waals surface area contributed by atoms with Gasteiger partial charge >= 0.3 is 0 Å². The lowest BCUT2D eigenvalue weighted by molar-refractivity contribution is 1.23.